The summed E-state index contributed by atoms with van der Waals surface area (Å²) in [6, 6.07) is 12.8. The van der Waals surface area contributed by atoms with Gasteiger partial charge in [-0.15, -0.1) is 0 Å². The summed E-state index contributed by atoms with van der Waals surface area (Å²) in [7, 11) is 0. The topological polar surface area (TPSA) is 84.9 Å². The second kappa shape index (κ2) is 9.80. The highest BCUT2D eigenvalue weighted by Gasteiger charge is 2.43. The smallest absolute Gasteiger partial charge is 0.463 e. The van der Waals surface area contributed by atoms with Gasteiger partial charge in [0.1, 0.15) is 5.75 Å². The monoisotopic (exact) mass is 457 g/mol. The molecule has 2 aromatic carbocycles. The van der Waals surface area contributed by atoms with Crippen molar-refractivity contribution < 1.29 is 36.2 Å². The number of carbonyl (C=O) groups is 1. The Labute approximate surface area is 180 Å². The molecule has 0 bridgehead atoms. The summed E-state index contributed by atoms with van der Waals surface area (Å²) in [6.07, 6.45) is 1.65. The fourth-order valence-corrected chi connectivity index (χ4v) is 3.71. The molecule has 0 aliphatic carbocycles. The summed E-state index contributed by atoms with van der Waals surface area (Å²) < 4.78 is 58.9. The predicted molar refractivity (Wildman–Crippen MR) is 107 cm³/mol. The lowest BCUT2D eigenvalue weighted by molar-refractivity contribution is -0.163. The molecule has 0 amide bonds. The van der Waals surface area contributed by atoms with E-state index in [1.165, 1.54) is 24.3 Å². The standard InChI is InChI=1S/C21H22F3NO5S/c22-21(23,24)31(28)30-18-8-4-7-17(13-18)20(27,16-5-2-1-3-6-16)19(26)29-14-15-9-11-25-12-10-15/h1-8,13,15,25,27H,9-12,14H2. The fourth-order valence-electron chi connectivity index (χ4n) is 3.34. The average molecular weight is 457 g/mol. The van der Waals surface area contributed by atoms with E-state index in [0.29, 0.717) is 0 Å². The molecule has 1 fully saturated rings. The van der Waals surface area contributed by atoms with Gasteiger partial charge in [-0.2, -0.15) is 13.2 Å². The summed E-state index contributed by atoms with van der Waals surface area (Å²) in [5.41, 5.74) is -7.24. The van der Waals surface area contributed by atoms with Crippen molar-refractivity contribution in [3.63, 3.8) is 0 Å². The largest absolute Gasteiger partial charge is 0.508 e. The first-order valence-corrected chi connectivity index (χ1v) is 10.7. The SMILES string of the molecule is O=C(OCC1CCNCC1)C(O)(c1ccccc1)c1cccc(OS(=O)C(F)(F)F)c1. The molecule has 3 rings (SSSR count). The summed E-state index contributed by atoms with van der Waals surface area (Å²) in [5, 5.41) is 14.6. The van der Waals surface area contributed by atoms with Crippen LogP contribution in [-0.4, -0.2) is 40.5 Å². The van der Waals surface area contributed by atoms with Crippen LogP contribution in [0.15, 0.2) is 54.6 Å². The van der Waals surface area contributed by atoms with Crippen LogP contribution in [0, 0.1) is 5.92 Å². The molecule has 1 aliphatic heterocycles. The maximum Gasteiger partial charge on any atom is 0.508 e. The summed E-state index contributed by atoms with van der Waals surface area (Å²) in [4.78, 5) is 13.0. The Morgan fingerprint density at radius 1 is 1.06 bits per heavy atom. The Balaban J connectivity index is 1.89. The first-order chi connectivity index (χ1) is 14.7. The number of ether oxygens (including phenoxy) is 1. The van der Waals surface area contributed by atoms with Crippen LogP contribution in [0.3, 0.4) is 0 Å². The average Bonchev–Trinajstić information content (AvgIpc) is 2.77. The van der Waals surface area contributed by atoms with Gasteiger partial charge < -0.3 is 19.3 Å². The van der Waals surface area contributed by atoms with E-state index in [1.807, 2.05) is 0 Å². The third-order valence-corrected chi connectivity index (χ3v) is 5.73. The molecule has 2 aromatic rings. The van der Waals surface area contributed by atoms with Crippen LogP contribution in [0.2, 0.25) is 0 Å². The molecule has 10 heteroatoms. The zero-order valence-electron chi connectivity index (χ0n) is 16.4. The van der Waals surface area contributed by atoms with Crippen molar-refractivity contribution in [1.29, 1.82) is 0 Å². The number of aliphatic hydroxyl groups is 1. The number of esters is 1. The predicted octanol–water partition coefficient (Wildman–Crippen LogP) is 3.03. The molecule has 0 saturated carbocycles. The Morgan fingerprint density at radius 3 is 2.35 bits per heavy atom. The summed E-state index contributed by atoms with van der Waals surface area (Å²) in [6.45, 7) is 1.73. The molecule has 6 nitrogen and oxygen atoms in total. The number of rotatable bonds is 7. The van der Waals surface area contributed by atoms with Crippen molar-refractivity contribution in [2.75, 3.05) is 19.7 Å². The number of nitrogens with one attached hydrogen (secondary N) is 1. The van der Waals surface area contributed by atoms with E-state index in [-0.39, 0.29) is 23.7 Å². The number of carbonyl (C=O) groups excluding carboxylic acids is 1. The van der Waals surface area contributed by atoms with Crippen LogP contribution in [0.4, 0.5) is 13.2 Å². The number of hydrogen-bond donors (Lipinski definition) is 2. The van der Waals surface area contributed by atoms with Crippen molar-refractivity contribution in [3.05, 3.63) is 65.7 Å². The molecule has 2 unspecified atom stereocenters. The van der Waals surface area contributed by atoms with E-state index >= 15 is 0 Å². The number of benzene rings is 2. The van der Waals surface area contributed by atoms with Gasteiger partial charge in [-0.3, -0.25) is 0 Å². The lowest BCUT2D eigenvalue weighted by atomic mass is 9.86. The Morgan fingerprint density at radius 2 is 1.71 bits per heavy atom. The lowest BCUT2D eigenvalue weighted by Gasteiger charge is -2.29. The molecule has 168 valence electrons. The lowest BCUT2D eigenvalue weighted by Crippen LogP contribution is -2.40. The molecule has 0 spiro atoms. The molecule has 1 saturated heterocycles. The van der Waals surface area contributed by atoms with Crippen molar-refractivity contribution in [3.8, 4) is 5.75 Å². The third-order valence-electron chi connectivity index (χ3n) is 5.01. The highest BCUT2D eigenvalue weighted by atomic mass is 32.2. The summed E-state index contributed by atoms with van der Waals surface area (Å²) in [5.74, 6) is -1.21. The van der Waals surface area contributed by atoms with Gasteiger partial charge in [-0.05, 0) is 49.5 Å². The van der Waals surface area contributed by atoms with Crippen molar-refractivity contribution in [2.24, 2.45) is 5.92 Å². The maximum atomic E-state index is 13.0. The number of piperidine rings is 1. The van der Waals surface area contributed by atoms with Crippen molar-refractivity contribution in [1.82, 2.24) is 5.32 Å². The number of hydrogen-bond acceptors (Lipinski definition) is 6. The molecule has 2 N–H and O–H groups in total. The Kier molecular flexibility index (Phi) is 7.34. The highest BCUT2D eigenvalue weighted by molar-refractivity contribution is 7.81. The molecule has 31 heavy (non-hydrogen) atoms. The van der Waals surface area contributed by atoms with Gasteiger partial charge in [0.2, 0.25) is 5.60 Å². The van der Waals surface area contributed by atoms with Gasteiger partial charge in [0.25, 0.3) is 0 Å². The third kappa shape index (κ3) is 5.63. The fraction of sp³-hybridized carbons (Fsp3) is 0.381. The van der Waals surface area contributed by atoms with E-state index in [9.17, 15) is 27.3 Å². The van der Waals surface area contributed by atoms with E-state index < -0.39 is 33.9 Å². The molecule has 0 radical (unpaired) electrons. The minimum atomic E-state index is -5.07. The number of alkyl halides is 3. The molecule has 2 atom stereocenters. The van der Waals surface area contributed by atoms with Crippen LogP contribution >= 0.6 is 0 Å². The first-order valence-electron chi connectivity index (χ1n) is 9.64. The van der Waals surface area contributed by atoms with Gasteiger partial charge in [-0.1, -0.05) is 42.5 Å². The van der Waals surface area contributed by atoms with E-state index in [1.54, 1.807) is 18.2 Å². The van der Waals surface area contributed by atoms with Gasteiger partial charge in [-0.25, -0.2) is 9.00 Å². The van der Waals surface area contributed by atoms with E-state index in [2.05, 4.69) is 9.50 Å². The van der Waals surface area contributed by atoms with Crippen molar-refractivity contribution >= 4 is 17.0 Å². The number of halogens is 3. The van der Waals surface area contributed by atoms with Gasteiger partial charge in [0.05, 0.1) is 6.61 Å². The van der Waals surface area contributed by atoms with E-state index in [0.717, 1.165) is 38.1 Å². The molecule has 1 heterocycles. The first kappa shape index (κ1) is 23.2. The van der Waals surface area contributed by atoms with Crippen LogP contribution in [-0.2, 0) is 26.2 Å². The molecular formula is C21H22F3NO5S. The van der Waals surface area contributed by atoms with E-state index in [4.69, 9.17) is 4.74 Å². The van der Waals surface area contributed by atoms with Crippen LogP contribution < -0.4 is 9.50 Å². The van der Waals surface area contributed by atoms with Gasteiger partial charge >= 0.3 is 22.6 Å². The molecule has 1 aliphatic rings. The van der Waals surface area contributed by atoms with Crippen molar-refractivity contribution in [2.45, 2.75) is 24.0 Å². The highest BCUT2D eigenvalue weighted by Crippen LogP contribution is 2.34. The van der Waals surface area contributed by atoms with Crippen LogP contribution in [0.25, 0.3) is 0 Å². The zero-order valence-corrected chi connectivity index (χ0v) is 17.2. The quantitative estimate of drug-likeness (QED) is 0.622. The molecular weight excluding hydrogens is 435 g/mol. The second-order valence-corrected chi connectivity index (χ2v) is 8.26. The zero-order chi connectivity index (χ0) is 22.5. The minimum absolute atomic E-state index is 0.0642. The maximum absolute atomic E-state index is 13.0. The van der Waals surface area contributed by atoms with Crippen LogP contribution in [0.1, 0.15) is 24.0 Å². The van der Waals surface area contributed by atoms with Gasteiger partial charge in [0, 0.05) is 5.56 Å². The van der Waals surface area contributed by atoms with Crippen LogP contribution in [0.5, 0.6) is 5.75 Å². The Bertz CT molecular complexity index is 919. The van der Waals surface area contributed by atoms with Gasteiger partial charge in [0.15, 0.2) is 0 Å². The second-order valence-electron chi connectivity index (χ2n) is 7.16. The summed E-state index contributed by atoms with van der Waals surface area (Å²) >= 11 is -3.59. The Hall–Kier alpha value is -2.43. The normalized spacial score (nSPS) is 18.1. The minimum Gasteiger partial charge on any atom is -0.463 e. The molecule has 0 aromatic heterocycles.